The number of hydrogen-bond donors (Lipinski definition) is 2. The molecule has 0 aromatic carbocycles. The highest BCUT2D eigenvalue weighted by atomic mass is 16.3. The molecule has 0 spiro atoms. The Morgan fingerprint density at radius 3 is 2.55 bits per heavy atom. The van der Waals surface area contributed by atoms with E-state index in [0.29, 0.717) is 31.9 Å². The van der Waals surface area contributed by atoms with Crippen LogP contribution in [0.4, 0.5) is 4.79 Å². The van der Waals surface area contributed by atoms with Crippen molar-refractivity contribution >= 4 is 11.9 Å². The second-order valence-electron chi connectivity index (χ2n) is 5.29. The van der Waals surface area contributed by atoms with Gasteiger partial charge in [-0.2, -0.15) is 0 Å². The first-order valence-electron chi connectivity index (χ1n) is 7.77. The van der Waals surface area contributed by atoms with Crippen LogP contribution in [-0.2, 0) is 0 Å². The molecule has 0 aliphatic carbocycles. The fraction of sp³-hybridized carbons (Fsp3) is 0.600. The van der Waals surface area contributed by atoms with E-state index < -0.39 is 0 Å². The number of carbonyl (C=O) groups is 2. The van der Waals surface area contributed by atoms with Crippen LogP contribution in [0.2, 0.25) is 0 Å². The van der Waals surface area contributed by atoms with E-state index in [4.69, 9.17) is 4.42 Å². The van der Waals surface area contributed by atoms with Gasteiger partial charge in [-0.05, 0) is 18.6 Å². The molecule has 0 atom stereocenters. The fourth-order valence-electron chi connectivity index (χ4n) is 2.36. The number of hydrogen-bond acceptors (Lipinski definition) is 4. The molecule has 1 aliphatic rings. The molecule has 0 bridgehead atoms. The van der Waals surface area contributed by atoms with E-state index in [9.17, 15) is 9.59 Å². The third-order valence-electron chi connectivity index (χ3n) is 3.64. The van der Waals surface area contributed by atoms with Crippen molar-refractivity contribution in [3.05, 3.63) is 24.2 Å². The molecule has 1 aromatic heterocycles. The maximum absolute atomic E-state index is 12.1. The van der Waals surface area contributed by atoms with Crippen molar-refractivity contribution in [3.8, 4) is 0 Å². The zero-order chi connectivity index (χ0) is 15.8. The molecule has 0 unspecified atom stereocenters. The lowest BCUT2D eigenvalue weighted by Gasteiger charge is -2.34. The molecular formula is C15H24N4O3. The average molecular weight is 308 g/mol. The van der Waals surface area contributed by atoms with Crippen molar-refractivity contribution in [1.29, 1.82) is 0 Å². The number of amides is 3. The lowest BCUT2D eigenvalue weighted by molar-refractivity contribution is 0.0608. The zero-order valence-electron chi connectivity index (χ0n) is 13.0. The molecule has 3 amide bonds. The van der Waals surface area contributed by atoms with Gasteiger partial charge in [0.05, 0.1) is 6.26 Å². The van der Waals surface area contributed by atoms with Crippen molar-refractivity contribution in [3.63, 3.8) is 0 Å². The molecule has 1 fully saturated rings. The predicted octanol–water partition coefficient (Wildman–Crippen LogP) is 0.747. The summed E-state index contributed by atoms with van der Waals surface area (Å²) in [5, 5.41) is 5.61. The maximum Gasteiger partial charge on any atom is 0.314 e. The standard InChI is InChI=1S/C15H24N4O3/c1-2-5-16-15(21)17-6-7-18-8-10-19(11-9-18)14(20)13-4-3-12-22-13/h3-4,12H,2,5-11H2,1H3,(H2,16,17,21). The summed E-state index contributed by atoms with van der Waals surface area (Å²) in [6.07, 6.45) is 2.44. The van der Waals surface area contributed by atoms with Gasteiger partial charge in [-0.25, -0.2) is 4.79 Å². The van der Waals surface area contributed by atoms with E-state index in [-0.39, 0.29) is 11.9 Å². The largest absolute Gasteiger partial charge is 0.459 e. The van der Waals surface area contributed by atoms with Crippen LogP contribution in [0.1, 0.15) is 23.9 Å². The molecule has 2 heterocycles. The van der Waals surface area contributed by atoms with Gasteiger partial charge in [0.1, 0.15) is 0 Å². The Morgan fingerprint density at radius 2 is 1.91 bits per heavy atom. The Kier molecular flexibility index (Phi) is 6.27. The first-order chi connectivity index (χ1) is 10.7. The Balaban J connectivity index is 1.63. The monoisotopic (exact) mass is 308 g/mol. The topological polar surface area (TPSA) is 77.8 Å². The second kappa shape index (κ2) is 8.43. The molecule has 1 aromatic rings. The number of rotatable bonds is 6. The van der Waals surface area contributed by atoms with Crippen LogP contribution in [0, 0.1) is 0 Å². The fourth-order valence-corrected chi connectivity index (χ4v) is 2.36. The van der Waals surface area contributed by atoms with Crippen molar-refractivity contribution in [2.24, 2.45) is 0 Å². The maximum atomic E-state index is 12.1. The zero-order valence-corrected chi connectivity index (χ0v) is 13.0. The molecule has 22 heavy (non-hydrogen) atoms. The first kappa shape index (κ1) is 16.4. The highest BCUT2D eigenvalue weighted by Gasteiger charge is 2.23. The normalized spacial score (nSPS) is 15.6. The highest BCUT2D eigenvalue weighted by Crippen LogP contribution is 2.08. The lowest BCUT2D eigenvalue weighted by atomic mass is 10.3. The van der Waals surface area contributed by atoms with Crippen LogP contribution >= 0.6 is 0 Å². The Morgan fingerprint density at radius 1 is 1.18 bits per heavy atom. The number of nitrogens with one attached hydrogen (secondary N) is 2. The van der Waals surface area contributed by atoms with Crippen LogP contribution in [0.3, 0.4) is 0 Å². The van der Waals surface area contributed by atoms with Crippen LogP contribution in [0.15, 0.2) is 22.8 Å². The summed E-state index contributed by atoms with van der Waals surface area (Å²) in [4.78, 5) is 27.6. The summed E-state index contributed by atoms with van der Waals surface area (Å²) in [5.74, 6) is 0.337. The summed E-state index contributed by atoms with van der Waals surface area (Å²) in [6, 6.07) is 3.29. The van der Waals surface area contributed by atoms with E-state index in [0.717, 1.165) is 26.1 Å². The molecule has 0 saturated carbocycles. The van der Waals surface area contributed by atoms with E-state index in [1.807, 2.05) is 6.92 Å². The molecule has 7 heteroatoms. The van der Waals surface area contributed by atoms with Crippen LogP contribution < -0.4 is 10.6 Å². The molecule has 1 saturated heterocycles. The van der Waals surface area contributed by atoms with E-state index in [1.165, 1.54) is 6.26 Å². The minimum absolute atomic E-state index is 0.0540. The van der Waals surface area contributed by atoms with Crippen LogP contribution in [-0.4, -0.2) is 67.6 Å². The van der Waals surface area contributed by atoms with E-state index >= 15 is 0 Å². The number of urea groups is 1. The van der Waals surface area contributed by atoms with E-state index in [1.54, 1.807) is 17.0 Å². The second-order valence-corrected chi connectivity index (χ2v) is 5.29. The van der Waals surface area contributed by atoms with Crippen LogP contribution in [0.5, 0.6) is 0 Å². The van der Waals surface area contributed by atoms with Gasteiger partial charge in [0.25, 0.3) is 5.91 Å². The van der Waals surface area contributed by atoms with Gasteiger partial charge >= 0.3 is 6.03 Å². The molecule has 2 rings (SSSR count). The van der Waals surface area contributed by atoms with Gasteiger partial charge in [-0.1, -0.05) is 6.92 Å². The summed E-state index contributed by atoms with van der Waals surface area (Å²) < 4.78 is 5.14. The van der Waals surface area contributed by atoms with E-state index in [2.05, 4.69) is 15.5 Å². The van der Waals surface area contributed by atoms with Gasteiger partial charge in [0.2, 0.25) is 0 Å². The number of carbonyl (C=O) groups excluding carboxylic acids is 2. The van der Waals surface area contributed by atoms with Crippen molar-refractivity contribution < 1.29 is 14.0 Å². The minimum atomic E-state index is -0.117. The molecular weight excluding hydrogens is 284 g/mol. The van der Waals surface area contributed by atoms with Crippen molar-refractivity contribution in [2.45, 2.75) is 13.3 Å². The molecule has 7 nitrogen and oxygen atoms in total. The van der Waals surface area contributed by atoms with Crippen molar-refractivity contribution in [1.82, 2.24) is 20.4 Å². The van der Waals surface area contributed by atoms with Gasteiger partial charge in [0.15, 0.2) is 5.76 Å². The number of piperazine rings is 1. The number of furan rings is 1. The Bertz CT molecular complexity index is 467. The summed E-state index contributed by atoms with van der Waals surface area (Å²) in [7, 11) is 0. The summed E-state index contributed by atoms with van der Waals surface area (Å²) in [5.41, 5.74) is 0. The van der Waals surface area contributed by atoms with Gasteiger partial charge in [0, 0.05) is 45.8 Å². The Hall–Kier alpha value is -2.02. The summed E-state index contributed by atoms with van der Waals surface area (Å²) in [6.45, 7) is 7.10. The predicted molar refractivity (Wildman–Crippen MR) is 82.7 cm³/mol. The average Bonchev–Trinajstić information content (AvgIpc) is 3.07. The summed E-state index contributed by atoms with van der Waals surface area (Å²) >= 11 is 0. The third-order valence-corrected chi connectivity index (χ3v) is 3.64. The van der Waals surface area contributed by atoms with Gasteiger partial charge in [-0.15, -0.1) is 0 Å². The van der Waals surface area contributed by atoms with Gasteiger partial charge < -0.3 is 20.0 Å². The van der Waals surface area contributed by atoms with Crippen molar-refractivity contribution in [2.75, 3.05) is 45.8 Å². The smallest absolute Gasteiger partial charge is 0.314 e. The SMILES string of the molecule is CCCNC(=O)NCCN1CCN(C(=O)c2ccco2)CC1. The molecule has 122 valence electrons. The quantitative estimate of drug-likeness (QED) is 0.813. The molecule has 0 radical (unpaired) electrons. The molecule has 2 N–H and O–H groups in total. The van der Waals surface area contributed by atoms with Gasteiger partial charge in [-0.3, -0.25) is 9.69 Å². The molecule has 1 aliphatic heterocycles. The first-order valence-corrected chi connectivity index (χ1v) is 7.77. The highest BCUT2D eigenvalue weighted by molar-refractivity contribution is 5.91. The Labute approximate surface area is 130 Å². The number of nitrogens with zero attached hydrogens (tertiary/aromatic N) is 2. The third kappa shape index (κ3) is 4.77. The lowest BCUT2D eigenvalue weighted by Crippen LogP contribution is -2.50. The minimum Gasteiger partial charge on any atom is -0.459 e. The van der Waals surface area contributed by atoms with Crippen LogP contribution in [0.25, 0.3) is 0 Å².